The fraction of sp³-hybridized carbons (Fsp3) is 0. The average molecular weight is 287 g/mol. The van der Waals surface area contributed by atoms with Crippen LogP contribution in [0.15, 0.2) is 24.8 Å². The van der Waals surface area contributed by atoms with E-state index in [1.54, 1.807) is 18.5 Å². The van der Waals surface area contributed by atoms with Crippen LogP contribution >= 0.6 is 0 Å². The molecule has 7 heavy (non-hydrogen) atoms. The normalized spacial score (nSPS) is 6.86. The van der Waals surface area contributed by atoms with Crippen LogP contribution in [0.5, 0.6) is 0 Å². The molecule has 4 radical (unpaired) electrons. The van der Waals surface area contributed by atoms with Gasteiger partial charge in [0.05, 0.1) is 0 Å². The maximum atomic E-state index is 3.67. The van der Waals surface area contributed by atoms with Gasteiger partial charge >= 0.3 is 0 Å². The summed E-state index contributed by atoms with van der Waals surface area (Å²) in [7, 11) is 0. The van der Waals surface area contributed by atoms with E-state index in [1.165, 1.54) is 6.33 Å². The summed E-state index contributed by atoms with van der Waals surface area (Å²) in [5.74, 6) is 0. The molecular weight excluding hydrogens is 283 g/mol. The predicted octanol–water partition coefficient (Wildman–Crippen LogP) is 0.0958. The quantitative estimate of drug-likeness (QED) is 0.632. The van der Waals surface area contributed by atoms with Crippen molar-refractivity contribution in [1.29, 1.82) is 0 Å². The Kier molecular flexibility index (Phi) is 4.17. The summed E-state index contributed by atoms with van der Waals surface area (Å²) < 4.78 is 0. The molecule has 0 amide bonds. The van der Waals surface area contributed by atoms with Gasteiger partial charge in [0.2, 0.25) is 0 Å². The number of rotatable bonds is 0. The summed E-state index contributed by atoms with van der Waals surface area (Å²) in [5, 5.41) is 0. The van der Waals surface area contributed by atoms with Gasteiger partial charge in [-0.1, -0.05) is 0 Å². The molecule has 3 heteroatoms. The molecule has 0 atom stereocenters. The fourth-order valence-electron chi connectivity index (χ4n) is 0.253. The van der Waals surface area contributed by atoms with Crippen molar-refractivity contribution in [2.75, 3.05) is 0 Å². The van der Waals surface area contributed by atoms with E-state index in [2.05, 4.69) is 9.97 Å². The monoisotopic (exact) mass is 288 g/mol. The van der Waals surface area contributed by atoms with E-state index in [4.69, 9.17) is 0 Å². The molecule has 0 unspecified atom stereocenters. The maximum absolute atomic E-state index is 3.67. The number of hydrogen-bond acceptors (Lipinski definition) is 2. The Morgan fingerprint density at radius 3 is 1.71 bits per heavy atom. The van der Waals surface area contributed by atoms with Gasteiger partial charge in [-0.15, -0.1) is 0 Å². The summed E-state index contributed by atoms with van der Waals surface area (Å²) in [4.78, 5) is 7.35. The van der Waals surface area contributed by atoms with Gasteiger partial charge in [0.1, 0.15) is 6.33 Å². The maximum Gasteiger partial charge on any atom is 0.115 e. The molecule has 0 saturated heterocycles. The van der Waals surface area contributed by atoms with Crippen molar-refractivity contribution in [1.82, 2.24) is 9.97 Å². The Balaban J connectivity index is 0.000000360. The van der Waals surface area contributed by atoms with Crippen molar-refractivity contribution in [3.63, 3.8) is 0 Å². The molecule has 34 valence electrons. The molecule has 0 fully saturated rings. The third kappa shape index (κ3) is 2.67. The van der Waals surface area contributed by atoms with Crippen molar-refractivity contribution >= 4 is 27.3 Å². The smallest absolute Gasteiger partial charge is 0.115 e. The first kappa shape index (κ1) is 7.00. The van der Waals surface area contributed by atoms with Crippen LogP contribution in [0.2, 0.25) is 0 Å². The van der Waals surface area contributed by atoms with Gasteiger partial charge in [-0.05, 0) is 6.07 Å². The summed E-state index contributed by atoms with van der Waals surface area (Å²) in [6.45, 7) is 0. The molecule has 0 N–H and O–H groups in total. The molecule has 2 nitrogen and oxygen atoms in total. The molecule has 0 aliphatic rings. The van der Waals surface area contributed by atoms with Gasteiger partial charge in [0, 0.05) is 39.7 Å². The Morgan fingerprint density at radius 1 is 1.00 bits per heavy atom. The van der Waals surface area contributed by atoms with Crippen LogP contribution in [0.25, 0.3) is 0 Å². The molecular formula is C4H4N2Pb. The Hall–Kier alpha value is 0.00208. The Labute approximate surface area is 62.2 Å². The van der Waals surface area contributed by atoms with Crippen LogP contribution in [0.4, 0.5) is 0 Å². The van der Waals surface area contributed by atoms with Gasteiger partial charge in [-0.2, -0.15) is 0 Å². The van der Waals surface area contributed by atoms with E-state index in [1.807, 2.05) is 0 Å². The van der Waals surface area contributed by atoms with E-state index in [0.717, 1.165) is 0 Å². The zero-order valence-electron chi connectivity index (χ0n) is 3.70. The summed E-state index contributed by atoms with van der Waals surface area (Å²) >= 11 is 0. The number of hydrogen-bond donors (Lipinski definition) is 0. The molecule has 1 heterocycles. The molecule has 0 bridgehead atoms. The van der Waals surface area contributed by atoms with E-state index in [-0.39, 0.29) is 27.3 Å². The third-order valence-corrected chi connectivity index (χ3v) is 0.478. The minimum absolute atomic E-state index is 0. The van der Waals surface area contributed by atoms with E-state index in [9.17, 15) is 0 Å². The molecule has 0 aromatic carbocycles. The van der Waals surface area contributed by atoms with Crippen molar-refractivity contribution in [2.45, 2.75) is 0 Å². The second-order valence-electron chi connectivity index (χ2n) is 0.904. The standard InChI is InChI=1S/C4H4N2.Pb/c1-2-5-4-6-3-1;/h1-4H;. The summed E-state index contributed by atoms with van der Waals surface area (Å²) in [6.07, 6.45) is 4.88. The number of aromatic nitrogens is 2. The van der Waals surface area contributed by atoms with Crippen LogP contribution in [0.3, 0.4) is 0 Å². The third-order valence-electron chi connectivity index (χ3n) is 0.478. The van der Waals surface area contributed by atoms with Crippen molar-refractivity contribution in [3.05, 3.63) is 24.8 Å². The van der Waals surface area contributed by atoms with Crippen molar-refractivity contribution < 1.29 is 0 Å². The van der Waals surface area contributed by atoms with Crippen molar-refractivity contribution in [3.8, 4) is 0 Å². The van der Waals surface area contributed by atoms with E-state index < -0.39 is 0 Å². The van der Waals surface area contributed by atoms with Gasteiger partial charge in [0.25, 0.3) is 0 Å². The van der Waals surface area contributed by atoms with Gasteiger partial charge < -0.3 is 0 Å². The zero-order chi connectivity index (χ0) is 4.24. The van der Waals surface area contributed by atoms with E-state index >= 15 is 0 Å². The van der Waals surface area contributed by atoms with Crippen LogP contribution in [-0.4, -0.2) is 37.3 Å². The van der Waals surface area contributed by atoms with Crippen LogP contribution in [0.1, 0.15) is 0 Å². The van der Waals surface area contributed by atoms with Crippen LogP contribution < -0.4 is 0 Å². The molecule has 0 aliphatic heterocycles. The second kappa shape index (κ2) is 4.17. The van der Waals surface area contributed by atoms with E-state index in [0.29, 0.717) is 0 Å². The largest absolute Gasteiger partial charge is 0.245 e. The number of nitrogens with zero attached hydrogens (tertiary/aromatic N) is 2. The Morgan fingerprint density at radius 2 is 1.57 bits per heavy atom. The molecule has 1 aromatic rings. The predicted molar refractivity (Wildman–Crippen MR) is 27.8 cm³/mol. The van der Waals surface area contributed by atoms with Gasteiger partial charge in [-0.3, -0.25) is 0 Å². The van der Waals surface area contributed by atoms with Gasteiger partial charge in [0.15, 0.2) is 0 Å². The summed E-state index contributed by atoms with van der Waals surface area (Å²) in [5.41, 5.74) is 0. The minimum Gasteiger partial charge on any atom is -0.245 e. The average Bonchev–Trinajstić information content (AvgIpc) is 1.72. The molecule has 1 rings (SSSR count). The zero-order valence-corrected chi connectivity index (χ0v) is 7.59. The molecule has 0 spiro atoms. The van der Waals surface area contributed by atoms with Crippen LogP contribution in [-0.2, 0) is 0 Å². The first-order chi connectivity index (χ1) is 3.00. The Bertz CT molecular complexity index is 81.6. The first-order valence-electron chi connectivity index (χ1n) is 1.70. The minimum atomic E-state index is 0. The van der Waals surface area contributed by atoms with Crippen molar-refractivity contribution in [2.24, 2.45) is 0 Å². The van der Waals surface area contributed by atoms with Crippen LogP contribution in [0, 0.1) is 0 Å². The fourth-order valence-corrected chi connectivity index (χ4v) is 0.253. The molecule has 1 aromatic heterocycles. The molecule has 0 saturated carbocycles. The molecule has 0 aliphatic carbocycles. The summed E-state index contributed by atoms with van der Waals surface area (Å²) in [6, 6.07) is 1.78. The second-order valence-corrected chi connectivity index (χ2v) is 0.904. The first-order valence-corrected chi connectivity index (χ1v) is 1.70. The topological polar surface area (TPSA) is 25.8 Å². The van der Waals surface area contributed by atoms with Gasteiger partial charge in [-0.25, -0.2) is 9.97 Å². The SMILES string of the molecule is [Pb].c1cncnc1.